The molecule has 1 atom stereocenters. The van der Waals surface area contributed by atoms with Gasteiger partial charge in [0.1, 0.15) is 5.82 Å². The first-order valence-electron chi connectivity index (χ1n) is 5.46. The predicted octanol–water partition coefficient (Wildman–Crippen LogP) is 1.76. The van der Waals surface area contributed by atoms with Gasteiger partial charge in [-0.25, -0.2) is 14.2 Å². The average molecular weight is 334 g/mol. The number of alkyl halides is 5. The van der Waals surface area contributed by atoms with Crippen molar-refractivity contribution in [3.63, 3.8) is 0 Å². The highest BCUT2D eigenvalue weighted by Crippen LogP contribution is 2.13. The minimum Gasteiger partial charge on any atom is -0.475 e. The Morgan fingerprint density at radius 2 is 2.05 bits per heavy atom. The summed E-state index contributed by atoms with van der Waals surface area (Å²) in [6.07, 6.45) is -2.70. The summed E-state index contributed by atoms with van der Waals surface area (Å²) < 4.78 is 43.9. The predicted molar refractivity (Wildman–Crippen MR) is 64.3 cm³/mol. The van der Waals surface area contributed by atoms with Gasteiger partial charge in [0.05, 0.1) is 18.4 Å². The summed E-state index contributed by atoms with van der Waals surface area (Å²) in [6, 6.07) is 0. The van der Waals surface area contributed by atoms with Crippen molar-refractivity contribution in [2.24, 2.45) is 0 Å². The largest absolute Gasteiger partial charge is 0.490 e. The number of hydrogen-bond acceptors (Lipinski definition) is 3. The zero-order valence-electron chi connectivity index (χ0n) is 10.7. The SMILES string of the molecule is CCc1ncc(CNC(=O)C(F)Cl)[nH]1.O=C(O)C(F)(F)F. The summed E-state index contributed by atoms with van der Waals surface area (Å²) in [6.45, 7) is 2.16. The van der Waals surface area contributed by atoms with Gasteiger partial charge in [0.25, 0.3) is 11.5 Å². The third kappa shape index (κ3) is 8.12. The molecule has 0 bridgehead atoms. The monoisotopic (exact) mass is 333 g/mol. The van der Waals surface area contributed by atoms with Gasteiger partial charge in [-0.05, 0) is 0 Å². The number of carbonyl (C=O) groups excluding carboxylic acids is 1. The lowest BCUT2D eigenvalue weighted by Crippen LogP contribution is -2.28. The van der Waals surface area contributed by atoms with Crippen LogP contribution in [0.3, 0.4) is 0 Å². The van der Waals surface area contributed by atoms with Gasteiger partial charge < -0.3 is 15.4 Å². The number of amides is 1. The minimum absolute atomic E-state index is 0.207. The van der Waals surface area contributed by atoms with E-state index in [-0.39, 0.29) is 6.54 Å². The summed E-state index contributed by atoms with van der Waals surface area (Å²) in [5.74, 6) is -2.76. The number of nitrogens with zero attached hydrogens (tertiary/aromatic N) is 1. The van der Waals surface area contributed by atoms with Crippen molar-refractivity contribution < 1.29 is 32.3 Å². The number of H-pyrrole nitrogens is 1. The van der Waals surface area contributed by atoms with Crippen LogP contribution < -0.4 is 5.32 Å². The first-order valence-corrected chi connectivity index (χ1v) is 5.90. The van der Waals surface area contributed by atoms with Crippen molar-refractivity contribution in [2.45, 2.75) is 31.7 Å². The number of halogens is 5. The molecule has 3 N–H and O–H groups in total. The normalized spacial score (nSPS) is 12.1. The molecule has 0 aliphatic rings. The van der Waals surface area contributed by atoms with Crippen LogP contribution in [0.25, 0.3) is 0 Å². The van der Waals surface area contributed by atoms with Crippen LogP contribution in [0, 0.1) is 0 Å². The second kappa shape index (κ2) is 8.45. The molecule has 1 heterocycles. The summed E-state index contributed by atoms with van der Waals surface area (Å²) in [4.78, 5) is 26.6. The summed E-state index contributed by atoms with van der Waals surface area (Å²) in [5.41, 5.74) is -1.27. The zero-order valence-corrected chi connectivity index (χ0v) is 11.4. The average Bonchev–Trinajstić information content (AvgIpc) is 2.83. The third-order valence-electron chi connectivity index (χ3n) is 1.91. The zero-order chi connectivity index (χ0) is 16.6. The molecule has 0 aromatic carbocycles. The minimum atomic E-state index is -5.08. The number of rotatable bonds is 4. The molecule has 21 heavy (non-hydrogen) atoms. The molecule has 11 heteroatoms. The number of nitrogens with one attached hydrogen (secondary N) is 2. The molecule has 1 rings (SSSR count). The van der Waals surface area contributed by atoms with Gasteiger partial charge in [0.2, 0.25) is 0 Å². The fourth-order valence-corrected chi connectivity index (χ4v) is 1.01. The molecule has 0 fully saturated rings. The van der Waals surface area contributed by atoms with Crippen LogP contribution in [0.4, 0.5) is 17.6 Å². The molecule has 1 aromatic heterocycles. The van der Waals surface area contributed by atoms with Crippen LogP contribution in [0.1, 0.15) is 18.4 Å². The van der Waals surface area contributed by atoms with Gasteiger partial charge in [-0.1, -0.05) is 18.5 Å². The first-order chi connectivity index (χ1) is 9.57. The molecule has 0 aliphatic heterocycles. The standard InChI is InChI=1S/C8H11ClFN3O.C2HF3O2/c1-2-6-11-3-5(13-6)4-12-8(14)7(9)10;3-2(4,5)1(6)7/h3,7H,2,4H2,1H3,(H,11,13)(H,12,14);(H,6,7). The molecule has 1 unspecified atom stereocenters. The van der Waals surface area contributed by atoms with E-state index in [1.54, 1.807) is 6.20 Å². The smallest absolute Gasteiger partial charge is 0.475 e. The topological polar surface area (TPSA) is 95.1 Å². The van der Waals surface area contributed by atoms with E-state index in [0.29, 0.717) is 0 Å². The van der Waals surface area contributed by atoms with Crippen molar-refractivity contribution >= 4 is 23.5 Å². The van der Waals surface area contributed by atoms with E-state index in [1.165, 1.54) is 0 Å². The Morgan fingerprint density at radius 3 is 2.38 bits per heavy atom. The summed E-state index contributed by atoms with van der Waals surface area (Å²) in [5, 5.41) is 9.44. The van der Waals surface area contributed by atoms with Crippen LogP contribution in [0.15, 0.2) is 6.20 Å². The molecule has 0 saturated heterocycles. The second-order valence-corrected chi connectivity index (χ2v) is 3.91. The molecule has 0 spiro atoms. The number of aromatic nitrogens is 2. The van der Waals surface area contributed by atoms with E-state index in [9.17, 15) is 22.4 Å². The maximum absolute atomic E-state index is 12.2. The lowest BCUT2D eigenvalue weighted by molar-refractivity contribution is -0.192. The fraction of sp³-hybridized carbons (Fsp3) is 0.500. The fourth-order valence-electron chi connectivity index (χ4n) is 0.935. The maximum atomic E-state index is 12.2. The van der Waals surface area contributed by atoms with E-state index >= 15 is 0 Å². The highest BCUT2D eigenvalue weighted by Gasteiger charge is 2.38. The van der Waals surface area contributed by atoms with Gasteiger partial charge in [0, 0.05) is 6.42 Å². The van der Waals surface area contributed by atoms with E-state index in [1.807, 2.05) is 6.92 Å². The van der Waals surface area contributed by atoms with Crippen molar-refractivity contribution in [2.75, 3.05) is 0 Å². The Hall–Kier alpha value is -1.84. The number of imidazole rings is 1. The molecule has 1 amide bonds. The van der Waals surface area contributed by atoms with Gasteiger partial charge >= 0.3 is 12.1 Å². The van der Waals surface area contributed by atoms with Crippen LogP contribution in [-0.2, 0) is 22.6 Å². The van der Waals surface area contributed by atoms with E-state index in [0.717, 1.165) is 17.9 Å². The van der Waals surface area contributed by atoms with Gasteiger partial charge in [-0.2, -0.15) is 13.2 Å². The summed E-state index contributed by atoms with van der Waals surface area (Å²) >= 11 is 4.92. The molecule has 6 nitrogen and oxygen atoms in total. The van der Waals surface area contributed by atoms with Crippen LogP contribution in [-0.4, -0.2) is 38.8 Å². The highest BCUT2D eigenvalue weighted by atomic mass is 35.5. The maximum Gasteiger partial charge on any atom is 0.490 e. The second-order valence-electron chi connectivity index (χ2n) is 3.53. The van der Waals surface area contributed by atoms with E-state index in [2.05, 4.69) is 15.3 Å². The highest BCUT2D eigenvalue weighted by molar-refractivity contribution is 6.29. The van der Waals surface area contributed by atoms with Crippen LogP contribution >= 0.6 is 11.6 Å². The number of aryl methyl sites for hydroxylation is 1. The molecule has 0 aliphatic carbocycles. The third-order valence-corrected chi connectivity index (χ3v) is 2.11. The van der Waals surface area contributed by atoms with E-state index < -0.39 is 23.7 Å². The number of carboxylic acid groups (broad SMARTS) is 1. The Bertz CT molecular complexity index is 476. The lowest BCUT2D eigenvalue weighted by atomic mass is 10.4. The van der Waals surface area contributed by atoms with Crippen LogP contribution in [0.2, 0.25) is 0 Å². The van der Waals surface area contributed by atoms with E-state index in [4.69, 9.17) is 21.5 Å². The molecule has 0 radical (unpaired) electrons. The van der Waals surface area contributed by atoms with Gasteiger partial charge in [-0.3, -0.25) is 4.79 Å². The summed E-state index contributed by atoms with van der Waals surface area (Å²) in [7, 11) is 0. The van der Waals surface area contributed by atoms with Crippen LogP contribution in [0.5, 0.6) is 0 Å². The Kier molecular flexibility index (Phi) is 7.71. The molecular weight excluding hydrogens is 322 g/mol. The Morgan fingerprint density at radius 1 is 1.52 bits per heavy atom. The van der Waals surface area contributed by atoms with Crippen molar-refractivity contribution in [3.8, 4) is 0 Å². The Labute approximate surface area is 121 Å². The van der Waals surface area contributed by atoms with Gasteiger partial charge in [0.15, 0.2) is 0 Å². The quantitative estimate of drug-likeness (QED) is 0.578. The van der Waals surface area contributed by atoms with Crippen molar-refractivity contribution in [1.82, 2.24) is 15.3 Å². The molecular formula is C10H12ClF4N3O3. The molecule has 0 saturated carbocycles. The number of hydrogen-bond donors (Lipinski definition) is 3. The number of aromatic amines is 1. The van der Waals surface area contributed by atoms with Crippen molar-refractivity contribution in [1.29, 1.82) is 0 Å². The van der Waals surface area contributed by atoms with Gasteiger partial charge in [-0.15, -0.1) is 0 Å². The number of carbonyl (C=O) groups is 2. The lowest BCUT2D eigenvalue weighted by Gasteiger charge is -2.01. The molecule has 120 valence electrons. The van der Waals surface area contributed by atoms with Crippen molar-refractivity contribution in [3.05, 3.63) is 17.7 Å². The first kappa shape index (κ1) is 19.2. The Balaban J connectivity index is 0.000000486. The molecule has 1 aromatic rings. The number of aliphatic carboxylic acids is 1. The number of carboxylic acids is 1.